The van der Waals surface area contributed by atoms with Crippen LogP contribution in [0.2, 0.25) is 0 Å². The molecule has 71 heavy (non-hydrogen) atoms. The molecule has 0 fully saturated rings. The van der Waals surface area contributed by atoms with Crippen LogP contribution in [-0.2, 0) is 28.6 Å². The molecule has 0 amide bonds. The van der Waals surface area contributed by atoms with Gasteiger partial charge in [0.2, 0.25) is 0 Å². The minimum atomic E-state index is -0.811. The highest BCUT2D eigenvalue weighted by Gasteiger charge is 2.19. The highest BCUT2D eigenvalue weighted by atomic mass is 16.6. The molecule has 0 N–H and O–H groups in total. The van der Waals surface area contributed by atoms with Crippen molar-refractivity contribution in [2.45, 2.75) is 284 Å². The molecule has 6 heteroatoms. The van der Waals surface area contributed by atoms with Gasteiger partial charge in [0.1, 0.15) is 13.2 Å². The standard InChI is InChI=1S/C65H110O6/c1-4-7-10-13-16-19-22-25-28-30-32-34-37-39-42-45-48-51-54-57-63(66)69-60-62(71-65(68)59-56-53-50-47-44-41-36-27-24-21-18-15-12-9-6-3)61-70-64(67)58-55-52-49-46-43-40-38-35-33-31-29-26-23-20-17-14-11-8-5-2/h7,10,16,18-19,21,25,27-28,32,34,36,39,42,44,47,62H,4-6,8-9,11-15,17,20,22-24,26,29-31,33,35,37-38,40-41,43,45-46,48-61H2,1-3H3/b10-7-,19-16-,21-18-,28-25-,34-32-,36-27-,42-39-,47-44-/t62-/m1/s1. The van der Waals surface area contributed by atoms with Crippen LogP contribution in [0.25, 0.3) is 0 Å². The van der Waals surface area contributed by atoms with E-state index in [1.165, 1.54) is 128 Å². The van der Waals surface area contributed by atoms with E-state index in [1.807, 2.05) is 0 Å². The summed E-state index contributed by atoms with van der Waals surface area (Å²) in [6.45, 7) is 6.46. The molecule has 0 heterocycles. The van der Waals surface area contributed by atoms with Crippen LogP contribution in [0.1, 0.15) is 278 Å². The van der Waals surface area contributed by atoms with Crippen molar-refractivity contribution in [3.63, 3.8) is 0 Å². The predicted octanol–water partition coefficient (Wildman–Crippen LogP) is 20.1. The summed E-state index contributed by atoms with van der Waals surface area (Å²) in [5.41, 5.74) is 0. The van der Waals surface area contributed by atoms with Gasteiger partial charge in [0.25, 0.3) is 0 Å². The number of carbonyl (C=O) groups excluding carboxylic acids is 3. The Balaban J connectivity index is 4.46. The number of allylic oxidation sites excluding steroid dienone is 16. The summed E-state index contributed by atoms with van der Waals surface area (Å²) < 4.78 is 16.8. The minimum absolute atomic E-state index is 0.102. The largest absolute Gasteiger partial charge is 0.462 e. The van der Waals surface area contributed by atoms with Crippen molar-refractivity contribution in [1.29, 1.82) is 0 Å². The van der Waals surface area contributed by atoms with Gasteiger partial charge in [-0.1, -0.05) is 253 Å². The van der Waals surface area contributed by atoms with Crippen molar-refractivity contribution in [2.24, 2.45) is 0 Å². The molecule has 0 radical (unpaired) electrons. The Morgan fingerprint density at radius 1 is 0.296 bits per heavy atom. The van der Waals surface area contributed by atoms with Gasteiger partial charge in [0, 0.05) is 19.3 Å². The molecule has 1 atom stereocenters. The SMILES string of the molecule is CC/C=C\C/C=C\C/C=C\C/C=C\C/C=C\CCCCCC(=O)OC[C@H](COC(=O)CCCCCCCCCCCCCCCCCCCCC)OC(=O)CCCC/C=C\C/C=C\C/C=C\CCCCC. The fourth-order valence-corrected chi connectivity index (χ4v) is 8.12. The quantitative estimate of drug-likeness (QED) is 0.0261. The van der Waals surface area contributed by atoms with Crippen LogP contribution in [-0.4, -0.2) is 37.2 Å². The molecule has 0 aliphatic heterocycles. The van der Waals surface area contributed by atoms with E-state index in [1.54, 1.807) is 0 Å². The normalized spacial score (nSPS) is 12.8. The zero-order chi connectivity index (χ0) is 51.4. The van der Waals surface area contributed by atoms with Crippen LogP contribution < -0.4 is 0 Å². The fraction of sp³-hybridized carbons (Fsp3) is 0.708. The van der Waals surface area contributed by atoms with Gasteiger partial charge in [-0.2, -0.15) is 0 Å². The summed E-state index contributed by atoms with van der Waals surface area (Å²) in [5.74, 6) is -0.968. The lowest BCUT2D eigenvalue weighted by atomic mass is 10.0. The molecule has 0 saturated heterocycles. The van der Waals surface area contributed by atoms with E-state index in [4.69, 9.17) is 14.2 Å². The zero-order valence-electron chi connectivity index (χ0n) is 46.5. The molecule has 0 unspecified atom stereocenters. The van der Waals surface area contributed by atoms with Gasteiger partial charge in [-0.15, -0.1) is 0 Å². The van der Waals surface area contributed by atoms with E-state index in [9.17, 15) is 14.4 Å². The third-order valence-electron chi connectivity index (χ3n) is 12.6. The van der Waals surface area contributed by atoms with E-state index in [-0.39, 0.29) is 37.5 Å². The summed E-state index contributed by atoms with van der Waals surface area (Å²) in [5, 5.41) is 0. The third-order valence-corrected chi connectivity index (χ3v) is 12.6. The first-order valence-electron chi connectivity index (χ1n) is 29.7. The van der Waals surface area contributed by atoms with Crippen LogP contribution in [0.3, 0.4) is 0 Å². The Labute approximate surface area is 438 Å². The fourth-order valence-electron chi connectivity index (χ4n) is 8.12. The molecular formula is C65H110O6. The number of unbranched alkanes of at least 4 members (excludes halogenated alkanes) is 26. The lowest BCUT2D eigenvalue weighted by Gasteiger charge is -2.18. The average molecular weight is 988 g/mol. The maximum Gasteiger partial charge on any atom is 0.306 e. The summed E-state index contributed by atoms with van der Waals surface area (Å²) >= 11 is 0. The number of hydrogen-bond donors (Lipinski definition) is 0. The monoisotopic (exact) mass is 987 g/mol. The predicted molar refractivity (Wildman–Crippen MR) is 307 cm³/mol. The molecule has 0 aromatic carbocycles. The molecule has 0 aromatic heterocycles. The number of rotatable bonds is 53. The molecule has 406 valence electrons. The van der Waals surface area contributed by atoms with Crippen LogP contribution in [0.15, 0.2) is 97.2 Å². The van der Waals surface area contributed by atoms with Gasteiger partial charge in [0.05, 0.1) is 0 Å². The average Bonchev–Trinajstić information content (AvgIpc) is 3.37. The van der Waals surface area contributed by atoms with Gasteiger partial charge in [0.15, 0.2) is 6.10 Å². The Morgan fingerprint density at radius 3 is 0.915 bits per heavy atom. The van der Waals surface area contributed by atoms with Crippen molar-refractivity contribution in [3.05, 3.63) is 97.2 Å². The molecule has 0 spiro atoms. The number of carbonyl (C=O) groups is 3. The highest BCUT2D eigenvalue weighted by molar-refractivity contribution is 5.71. The Morgan fingerprint density at radius 2 is 0.549 bits per heavy atom. The second kappa shape index (κ2) is 58.9. The summed E-state index contributed by atoms with van der Waals surface area (Å²) in [4.78, 5) is 38.2. The topological polar surface area (TPSA) is 78.9 Å². The number of esters is 3. The maximum absolute atomic E-state index is 12.8. The number of ether oxygens (including phenoxy) is 3. The summed E-state index contributed by atoms with van der Waals surface area (Å²) in [6.07, 6.45) is 78.3. The van der Waals surface area contributed by atoms with Crippen LogP contribution in [0, 0.1) is 0 Å². The van der Waals surface area contributed by atoms with Crippen molar-refractivity contribution in [3.8, 4) is 0 Å². The smallest absolute Gasteiger partial charge is 0.306 e. The Bertz CT molecular complexity index is 1410. The maximum atomic E-state index is 12.8. The van der Waals surface area contributed by atoms with Crippen LogP contribution >= 0.6 is 0 Å². The zero-order valence-corrected chi connectivity index (χ0v) is 46.5. The van der Waals surface area contributed by atoms with Gasteiger partial charge in [-0.25, -0.2) is 0 Å². The molecular weight excluding hydrogens is 877 g/mol. The van der Waals surface area contributed by atoms with Gasteiger partial charge >= 0.3 is 17.9 Å². The second-order valence-electron chi connectivity index (χ2n) is 19.5. The molecule has 0 bridgehead atoms. The summed E-state index contributed by atoms with van der Waals surface area (Å²) in [6, 6.07) is 0. The van der Waals surface area contributed by atoms with Crippen LogP contribution in [0.5, 0.6) is 0 Å². The van der Waals surface area contributed by atoms with Crippen molar-refractivity contribution < 1.29 is 28.6 Å². The molecule has 0 saturated carbocycles. The first-order valence-corrected chi connectivity index (χ1v) is 29.7. The Hall–Kier alpha value is -3.67. The van der Waals surface area contributed by atoms with Crippen molar-refractivity contribution in [1.82, 2.24) is 0 Å². The lowest BCUT2D eigenvalue weighted by molar-refractivity contribution is -0.167. The summed E-state index contributed by atoms with van der Waals surface area (Å²) in [7, 11) is 0. The molecule has 0 aliphatic rings. The number of hydrogen-bond acceptors (Lipinski definition) is 6. The Kier molecular flexibility index (Phi) is 55.9. The molecule has 0 aliphatic carbocycles. The van der Waals surface area contributed by atoms with Crippen LogP contribution in [0.4, 0.5) is 0 Å². The highest BCUT2D eigenvalue weighted by Crippen LogP contribution is 2.16. The molecule has 6 nitrogen and oxygen atoms in total. The van der Waals surface area contributed by atoms with Crippen molar-refractivity contribution >= 4 is 17.9 Å². The second-order valence-corrected chi connectivity index (χ2v) is 19.5. The van der Waals surface area contributed by atoms with E-state index in [2.05, 4.69) is 118 Å². The van der Waals surface area contributed by atoms with E-state index in [0.29, 0.717) is 19.3 Å². The van der Waals surface area contributed by atoms with E-state index in [0.717, 1.165) is 103 Å². The first-order chi connectivity index (χ1) is 35.0. The third kappa shape index (κ3) is 57.1. The first kappa shape index (κ1) is 67.3. The molecule has 0 aromatic rings. The van der Waals surface area contributed by atoms with E-state index < -0.39 is 6.10 Å². The van der Waals surface area contributed by atoms with Gasteiger partial charge in [-0.05, 0) is 103 Å². The van der Waals surface area contributed by atoms with Gasteiger partial charge in [-0.3, -0.25) is 14.4 Å². The molecule has 0 rings (SSSR count). The van der Waals surface area contributed by atoms with E-state index >= 15 is 0 Å². The lowest BCUT2D eigenvalue weighted by Crippen LogP contribution is -2.30. The van der Waals surface area contributed by atoms with Gasteiger partial charge < -0.3 is 14.2 Å². The minimum Gasteiger partial charge on any atom is -0.462 e. The van der Waals surface area contributed by atoms with Crippen molar-refractivity contribution in [2.75, 3.05) is 13.2 Å².